The van der Waals surface area contributed by atoms with Crippen molar-refractivity contribution >= 4 is 17.5 Å². The molecular weight excluding hydrogens is 284 g/mol. The fourth-order valence-electron chi connectivity index (χ4n) is 2.95. The lowest BCUT2D eigenvalue weighted by atomic mass is 10.0. The standard InChI is InChI=1S/C17H25ClN2O/c1-2-3-4-10-19-17(21)13-20-11-6-9-16(20)14-7-5-8-15(18)12-14/h5,7-8,12,16H,2-4,6,9-11,13H2,1H3,(H,19,21). The molecular formula is C17H25ClN2O. The molecule has 1 saturated heterocycles. The molecule has 0 bridgehead atoms. The first kappa shape index (κ1) is 16.3. The van der Waals surface area contributed by atoms with Crippen LogP contribution in [-0.2, 0) is 4.79 Å². The summed E-state index contributed by atoms with van der Waals surface area (Å²) in [5.74, 6) is 0.139. The first-order chi connectivity index (χ1) is 10.2. The van der Waals surface area contributed by atoms with Gasteiger partial charge in [0.25, 0.3) is 0 Å². The highest BCUT2D eigenvalue weighted by atomic mass is 35.5. The third kappa shape index (κ3) is 5.01. The Balaban J connectivity index is 1.86. The van der Waals surface area contributed by atoms with Crippen molar-refractivity contribution in [2.75, 3.05) is 19.6 Å². The van der Waals surface area contributed by atoms with Crippen LogP contribution in [0.25, 0.3) is 0 Å². The van der Waals surface area contributed by atoms with Crippen LogP contribution in [-0.4, -0.2) is 30.4 Å². The quantitative estimate of drug-likeness (QED) is 0.777. The van der Waals surface area contributed by atoms with Crippen LogP contribution in [0.4, 0.5) is 0 Å². The second kappa shape index (κ2) is 8.40. The summed E-state index contributed by atoms with van der Waals surface area (Å²) in [7, 11) is 0. The summed E-state index contributed by atoms with van der Waals surface area (Å²) in [4.78, 5) is 14.3. The van der Waals surface area contributed by atoms with Crippen molar-refractivity contribution < 1.29 is 4.79 Å². The van der Waals surface area contributed by atoms with Gasteiger partial charge in [0.05, 0.1) is 6.54 Å². The maximum Gasteiger partial charge on any atom is 0.234 e. The number of nitrogens with zero attached hydrogens (tertiary/aromatic N) is 1. The van der Waals surface area contributed by atoms with E-state index in [9.17, 15) is 4.79 Å². The molecule has 0 saturated carbocycles. The van der Waals surface area contributed by atoms with Crippen molar-refractivity contribution in [3.63, 3.8) is 0 Å². The summed E-state index contributed by atoms with van der Waals surface area (Å²) in [6.07, 6.45) is 5.66. The van der Waals surface area contributed by atoms with Crippen LogP contribution in [0.5, 0.6) is 0 Å². The van der Waals surface area contributed by atoms with Gasteiger partial charge in [-0.3, -0.25) is 9.69 Å². The molecule has 4 heteroatoms. The minimum atomic E-state index is 0.139. The van der Waals surface area contributed by atoms with E-state index < -0.39 is 0 Å². The average Bonchev–Trinajstić information content (AvgIpc) is 2.92. The van der Waals surface area contributed by atoms with Gasteiger partial charge >= 0.3 is 0 Å². The molecule has 0 spiro atoms. The number of rotatable bonds is 7. The summed E-state index contributed by atoms with van der Waals surface area (Å²) in [5, 5.41) is 3.79. The molecule has 21 heavy (non-hydrogen) atoms. The predicted octanol–water partition coefficient (Wildman–Crippen LogP) is 3.78. The SMILES string of the molecule is CCCCCNC(=O)CN1CCCC1c1cccc(Cl)c1. The van der Waals surface area contributed by atoms with Gasteiger partial charge in [-0.15, -0.1) is 0 Å². The summed E-state index contributed by atoms with van der Waals surface area (Å²) in [6.45, 7) is 4.44. The molecule has 116 valence electrons. The molecule has 1 aliphatic heterocycles. The number of amides is 1. The molecule has 1 unspecified atom stereocenters. The molecule has 1 aromatic rings. The second-order valence-electron chi connectivity index (χ2n) is 5.74. The van der Waals surface area contributed by atoms with Gasteiger partial charge in [0.2, 0.25) is 5.91 Å². The van der Waals surface area contributed by atoms with E-state index >= 15 is 0 Å². The largest absolute Gasteiger partial charge is 0.355 e. The number of hydrogen-bond acceptors (Lipinski definition) is 2. The molecule has 0 aromatic heterocycles. The zero-order valence-corrected chi connectivity index (χ0v) is 13.5. The zero-order chi connectivity index (χ0) is 15.1. The van der Waals surface area contributed by atoms with E-state index in [2.05, 4.69) is 23.2 Å². The van der Waals surface area contributed by atoms with E-state index in [1.807, 2.05) is 18.2 Å². The van der Waals surface area contributed by atoms with E-state index in [4.69, 9.17) is 11.6 Å². The van der Waals surface area contributed by atoms with Crippen molar-refractivity contribution in [3.8, 4) is 0 Å². The van der Waals surface area contributed by atoms with Gasteiger partial charge in [0, 0.05) is 17.6 Å². The Morgan fingerprint density at radius 3 is 3.05 bits per heavy atom. The van der Waals surface area contributed by atoms with Gasteiger partial charge < -0.3 is 5.32 Å². The third-order valence-electron chi connectivity index (χ3n) is 4.05. The minimum Gasteiger partial charge on any atom is -0.355 e. The van der Waals surface area contributed by atoms with E-state index in [0.29, 0.717) is 12.6 Å². The van der Waals surface area contributed by atoms with Gasteiger partial charge in [-0.1, -0.05) is 43.5 Å². The first-order valence-electron chi connectivity index (χ1n) is 7.97. The zero-order valence-electron chi connectivity index (χ0n) is 12.8. The molecule has 0 aliphatic carbocycles. The van der Waals surface area contributed by atoms with Crippen LogP contribution in [0, 0.1) is 0 Å². The number of hydrogen-bond donors (Lipinski definition) is 1. The molecule has 1 aromatic carbocycles. The summed E-state index contributed by atoms with van der Waals surface area (Å²) >= 11 is 6.08. The minimum absolute atomic E-state index is 0.139. The Morgan fingerprint density at radius 1 is 1.43 bits per heavy atom. The van der Waals surface area contributed by atoms with Crippen molar-refractivity contribution in [3.05, 3.63) is 34.9 Å². The normalized spacial score (nSPS) is 18.9. The van der Waals surface area contributed by atoms with Crippen molar-refractivity contribution in [2.45, 2.75) is 45.1 Å². The highest BCUT2D eigenvalue weighted by Crippen LogP contribution is 2.32. The molecule has 1 atom stereocenters. The Kier molecular flexibility index (Phi) is 6.52. The first-order valence-corrected chi connectivity index (χ1v) is 8.34. The maximum atomic E-state index is 12.0. The molecule has 1 aliphatic rings. The molecule has 1 N–H and O–H groups in total. The van der Waals surface area contributed by atoms with Crippen LogP contribution in [0.3, 0.4) is 0 Å². The molecule has 1 fully saturated rings. The number of carbonyl (C=O) groups excluding carboxylic acids is 1. The van der Waals surface area contributed by atoms with Crippen molar-refractivity contribution in [1.82, 2.24) is 10.2 Å². The molecule has 2 rings (SSSR count). The fourth-order valence-corrected chi connectivity index (χ4v) is 3.15. The lowest BCUT2D eigenvalue weighted by Gasteiger charge is -2.24. The van der Waals surface area contributed by atoms with Crippen molar-refractivity contribution in [1.29, 1.82) is 0 Å². The van der Waals surface area contributed by atoms with Crippen LogP contribution >= 0.6 is 11.6 Å². The lowest BCUT2D eigenvalue weighted by molar-refractivity contribution is -0.122. The van der Waals surface area contributed by atoms with Gasteiger partial charge in [-0.25, -0.2) is 0 Å². The Labute approximate surface area is 132 Å². The molecule has 0 radical (unpaired) electrons. The van der Waals surface area contributed by atoms with Crippen LogP contribution in [0.15, 0.2) is 24.3 Å². The number of unbranched alkanes of at least 4 members (excludes halogenated alkanes) is 2. The number of nitrogens with one attached hydrogen (secondary N) is 1. The van der Waals surface area contributed by atoms with Crippen molar-refractivity contribution in [2.24, 2.45) is 0 Å². The van der Waals surface area contributed by atoms with E-state index in [-0.39, 0.29) is 5.91 Å². The molecule has 1 heterocycles. The Bertz CT molecular complexity index is 464. The van der Waals surface area contributed by atoms with Crippen LogP contribution in [0.1, 0.15) is 50.6 Å². The van der Waals surface area contributed by atoms with Crippen LogP contribution in [0.2, 0.25) is 5.02 Å². The lowest BCUT2D eigenvalue weighted by Crippen LogP contribution is -2.37. The summed E-state index contributed by atoms with van der Waals surface area (Å²) < 4.78 is 0. The Morgan fingerprint density at radius 2 is 2.29 bits per heavy atom. The van der Waals surface area contributed by atoms with Crippen LogP contribution < -0.4 is 5.32 Å². The van der Waals surface area contributed by atoms with E-state index in [0.717, 1.165) is 37.4 Å². The smallest absolute Gasteiger partial charge is 0.234 e. The van der Waals surface area contributed by atoms with Gasteiger partial charge in [0.15, 0.2) is 0 Å². The number of halogens is 1. The third-order valence-corrected chi connectivity index (χ3v) is 4.28. The molecule has 3 nitrogen and oxygen atoms in total. The van der Waals surface area contributed by atoms with Gasteiger partial charge in [-0.05, 0) is 43.5 Å². The monoisotopic (exact) mass is 308 g/mol. The van der Waals surface area contributed by atoms with E-state index in [1.165, 1.54) is 18.4 Å². The average molecular weight is 309 g/mol. The predicted molar refractivity (Wildman–Crippen MR) is 87.5 cm³/mol. The molecule has 1 amide bonds. The second-order valence-corrected chi connectivity index (χ2v) is 6.18. The maximum absolute atomic E-state index is 12.0. The highest BCUT2D eigenvalue weighted by Gasteiger charge is 2.27. The van der Waals surface area contributed by atoms with Gasteiger partial charge in [0.1, 0.15) is 0 Å². The number of carbonyl (C=O) groups is 1. The Hall–Kier alpha value is -1.06. The van der Waals surface area contributed by atoms with Gasteiger partial charge in [-0.2, -0.15) is 0 Å². The number of likely N-dealkylation sites (tertiary alicyclic amines) is 1. The highest BCUT2D eigenvalue weighted by molar-refractivity contribution is 6.30. The number of benzene rings is 1. The fraction of sp³-hybridized carbons (Fsp3) is 0.588. The topological polar surface area (TPSA) is 32.3 Å². The van der Waals surface area contributed by atoms with E-state index in [1.54, 1.807) is 0 Å². The summed E-state index contributed by atoms with van der Waals surface area (Å²) in [6, 6.07) is 8.33. The summed E-state index contributed by atoms with van der Waals surface area (Å²) in [5.41, 5.74) is 1.22.